The fraction of sp³-hybridized carbons (Fsp3) is 0.0909. The van der Waals surface area contributed by atoms with Gasteiger partial charge >= 0.3 is 0 Å². The second kappa shape index (κ2) is 8.65. The quantitative estimate of drug-likeness (QED) is 0.450. The lowest BCUT2D eigenvalue weighted by Gasteiger charge is -2.12. The molecule has 0 fully saturated rings. The van der Waals surface area contributed by atoms with E-state index in [4.69, 9.17) is 36.8 Å². The lowest BCUT2D eigenvalue weighted by atomic mass is 10.1. The number of halogens is 2. The highest BCUT2D eigenvalue weighted by atomic mass is 35.5. The van der Waals surface area contributed by atoms with Crippen LogP contribution in [0, 0.1) is 0 Å². The molecule has 8 heteroatoms. The molecule has 0 bridgehead atoms. The van der Waals surface area contributed by atoms with Crippen molar-refractivity contribution in [3.8, 4) is 17.1 Å². The zero-order chi connectivity index (χ0) is 21.1. The molecule has 0 aliphatic heterocycles. The number of carbonyl (C=O) groups is 1. The molecule has 0 aliphatic rings. The van der Waals surface area contributed by atoms with E-state index in [9.17, 15) is 9.59 Å². The Balaban J connectivity index is 1.68. The molecule has 0 atom stereocenters. The first kappa shape index (κ1) is 20.1. The summed E-state index contributed by atoms with van der Waals surface area (Å²) in [6.45, 7) is -0.191. The van der Waals surface area contributed by atoms with Crippen molar-refractivity contribution in [2.75, 3.05) is 6.61 Å². The number of amides is 1. The van der Waals surface area contributed by atoms with Crippen molar-refractivity contribution in [2.45, 2.75) is 6.54 Å². The Bertz CT molecular complexity index is 1260. The summed E-state index contributed by atoms with van der Waals surface area (Å²) in [5.41, 5.74) is 0.348. The van der Waals surface area contributed by atoms with Gasteiger partial charge < -0.3 is 18.9 Å². The van der Waals surface area contributed by atoms with Crippen LogP contribution < -0.4 is 15.5 Å². The van der Waals surface area contributed by atoms with Gasteiger partial charge in [-0.1, -0.05) is 35.3 Å². The molecule has 2 heterocycles. The number of rotatable bonds is 6. The molecule has 1 amide bonds. The summed E-state index contributed by atoms with van der Waals surface area (Å²) in [5.74, 6) is 0.187. The van der Waals surface area contributed by atoms with Gasteiger partial charge in [-0.05, 0) is 42.5 Å². The number of nitrogens with one attached hydrogen (secondary N) is 1. The molecule has 0 unspecified atom stereocenters. The molecule has 4 aromatic rings. The molecule has 0 aliphatic carbocycles. The minimum absolute atomic E-state index is 0.119. The Morgan fingerprint density at radius 3 is 2.67 bits per heavy atom. The number of furan rings is 1. The maximum Gasteiger partial charge on any atom is 0.258 e. The van der Waals surface area contributed by atoms with Crippen molar-refractivity contribution >= 4 is 40.1 Å². The van der Waals surface area contributed by atoms with Crippen LogP contribution in [0.2, 0.25) is 10.0 Å². The molecule has 2 aromatic heterocycles. The third-order valence-electron chi connectivity index (χ3n) is 4.32. The van der Waals surface area contributed by atoms with Gasteiger partial charge in [-0.15, -0.1) is 0 Å². The summed E-state index contributed by atoms with van der Waals surface area (Å²) in [6.07, 6.45) is 1.51. The Labute approximate surface area is 181 Å². The van der Waals surface area contributed by atoms with Gasteiger partial charge in [0.05, 0.1) is 23.2 Å². The van der Waals surface area contributed by atoms with E-state index in [0.717, 1.165) is 0 Å². The van der Waals surface area contributed by atoms with E-state index in [-0.39, 0.29) is 23.4 Å². The summed E-state index contributed by atoms with van der Waals surface area (Å²) in [6, 6.07) is 15.0. The minimum Gasteiger partial charge on any atom is -0.476 e. The second-order valence-corrected chi connectivity index (χ2v) is 7.20. The number of hydrogen-bond acceptors (Lipinski definition) is 5. The fourth-order valence-corrected chi connectivity index (χ4v) is 3.29. The van der Waals surface area contributed by atoms with Gasteiger partial charge in [-0.3, -0.25) is 9.59 Å². The molecule has 1 N–H and O–H groups in total. The van der Waals surface area contributed by atoms with Crippen molar-refractivity contribution in [2.24, 2.45) is 0 Å². The maximum atomic E-state index is 13.1. The van der Waals surface area contributed by atoms with E-state index in [1.165, 1.54) is 12.3 Å². The Morgan fingerprint density at radius 2 is 1.90 bits per heavy atom. The van der Waals surface area contributed by atoms with Gasteiger partial charge in [0.15, 0.2) is 12.4 Å². The van der Waals surface area contributed by atoms with E-state index in [0.29, 0.717) is 27.0 Å². The topological polar surface area (TPSA) is 81.7 Å². The van der Waals surface area contributed by atoms with E-state index in [1.807, 2.05) is 0 Å². The number of hydrogen-bond donors (Lipinski definition) is 1. The molecule has 4 rings (SSSR count). The summed E-state index contributed by atoms with van der Waals surface area (Å²) < 4.78 is 16.7. The molecule has 0 spiro atoms. The summed E-state index contributed by atoms with van der Waals surface area (Å²) in [5, 5.41) is 3.65. The highest BCUT2D eigenvalue weighted by Crippen LogP contribution is 2.35. The molecule has 0 saturated carbocycles. The maximum absolute atomic E-state index is 13.1. The number of benzene rings is 2. The normalized spacial score (nSPS) is 10.9. The predicted molar refractivity (Wildman–Crippen MR) is 114 cm³/mol. The van der Waals surface area contributed by atoms with Crippen LogP contribution in [-0.2, 0) is 11.3 Å². The van der Waals surface area contributed by atoms with Crippen LogP contribution in [-0.4, -0.2) is 12.5 Å². The lowest BCUT2D eigenvalue weighted by Crippen LogP contribution is -2.29. The minimum atomic E-state index is -0.451. The van der Waals surface area contributed by atoms with Crippen molar-refractivity contribution in [1.29, 1.82) is 0 Å². The average molecular weight is 444 g/mol. The Kier molecular flexibility index (Phi) is 5.79. The van der Waals surface area contributed by atoms with Gasteiger partial charge in [0.1, 0.15) is 11.3 Å². The number of carbonyl (C=O) groups excluding carboxylic acids is 1. The van der Waals surface area contributed by atoms with Crippen LogP contribution in [0.25, 0.3) is 22.3 Å². The SMILES string of the molecule is O=C(COc1c(-c2ccccc2Cl)oc2ccc(Cl)cc2c1=O)NCc1ccco1. The zero-order valence-electron chi connectivity index (χ0n) is 15.5. The lowest BCUT2D eigenvalue weighted by molar-refractivity contribution is -0.123. The summed E-state index contributed by atoms with van der Waals surface area (Å²) >= 11 is 12.3. The van der Waals surface area contributed by atoms with Gasteiger partial charge in [0.25, 0.3) is 5.91 Å². The predicted octanol–water partition coefficient (Wildman–Crippen LogP) is 5.06. The van der Waals surface area contributed by atoms with Crippen molar-refractivity contribution in [1.82, 2.24) is 5.32 Å². The number of ether oxygens (including phenoxy) is 1. The van der Waals surface area contributed by atoms with Crippen LogP contribution in [0.5, 0.6) is 5.75 Å². The zero-order valence-corrected chi connectivity index (χ0v) is 17.0. The third-order valence-corrected chi connectivity index (χ3v) is 4.88. The van der Waals surface area contributed by atoms with Gasteiger partial charge in [0.2, 0.25) is 11.2 Å². The van der Waals surface area contributed by atoms with Gasteiger partial charge in [0, 0.05) is 10.6 Å². The van der Waals surface area contributed by atoms with Crippen molar-refractivity contribution in [3.05, 3.63) is 86.9 Å². The highest BCUT2D eigenvalue weighted by molar-refractivity contribution is 6.33. The Hall–Kier alpha value is -3.22. The molecule has 6 nitrogen and oxygen atoms in total. The monoisotopic (exact) mass is 443 g/mol. The van der Waals surface area contributed by atoms with E-state index in [1.54, 1.807) is 48.5 Å². The molecular formula is C22H15Cl2NO5. The largest absolute Gasteiger partial charge is 0.476 e. The van der Waals surface area contributed by atoms with Crippen molar-refractivity contribution < 1.29 is 18.4 Å². The van der Waals surface area contributed by atoms with Crippen LogP contribution >= 0.6 is 23.2 Å². The third kappa shape index (κ3) is 4.20. The van der Waals surface area contributed by atoms with Crippen LogP contribution in [0.3, 0.4) is 0 Å². The molecule has 152 valence electrons. The first-order valence-corrected chi connectivity index (χ1v) is 9.71. The second-order valence-electron chi connectivity index (χ2n) is 6.35. The molecular weight excluding hydrogens is 429 g/mol. The van der Waals surface area contributed by atoms with E-state index in [2.05, 4.69) is 5.32 Å². The van der Waals surface area contributed by atoms with Crippen LogP contribution in [0.1, 0.15) is 5.76 Å². The standard InChI is InChI=1S/C22H15Cl2NO5/c23-13-7-8-18-16(10-13)20(27)22(21(30-18)15-5-1-2-6-17(15)24)29-12-19(26)25-11-14-4-3-9-28-14/h1-10H,11-12H2,(H,25,26). The number of fused-ring (bicyclic) bond motifs is 1. The van der Waals surface area contributed by atoms with Gasteiger partial charge in [-0.25, -0.2) is 0 Å². The Morgan fingerprint density at radius 1 is 1.07 bits per heavy atom. The van der Waals surface area contributed by atoms with E-state index < -0.39 is 17.9 Å². The fourth-order valence-electron chi connectivity index (χ4n) is 2.89. The first-order valence-electron chi connectivity index (χ1n) is 8.96. The molecule has 0 saturated heterocycles. The highest BCUT2D eigenvalue weighted by Gasteiger charge is 2.20. The molecule has 0 radical (unpaired) electrons. The smallest absolute Gasteiger partial charge is 0.258 e. The van der Waals surface area contributed by atoms with Crippen molar-refractivity contribution in [3.63, 3.8) is 0 Å². The van der Waals surface area contributed by atoms with Crippen LogP contribution in [0.15, 0.2) is 74.5 Å². The van der Waals surface area contributed by atoms with Gasteiger partial charge in [-0.2, -0.15) is 0 Å². The first-order chi connectivity index (χ1) is 14.5. The molecule has 2 aromatic carbocycles. The van der Waals surface area contributed by atoms with E-state index >= 15 is 0 Å². The average Bonchev–Trinajstić information content (AvgIpc) is 3.26. The summed E-state index contributed by atoms with van der Waals surface area (Å²) in [7, 11) is 0. The summed E-state index contributed by atoms with van der Waals surface area (Å²) in [4.78, 5) is 25.3. The molecule has 30 heavy (non-hydrogen) atoms. The van der Waals surface area contributed by atoms with Crippen LogP contribution in [0.4, 0.5) is 0 Å².